The number of primary amides is 1. The van der Waals surface area contributed by atoms with Gasteiger partial charge in [0, 0.05) is 44.9 Å². The average Bonchev–Trinajstić information content (AvgIpc) is 3.91. The first-order valence-electron chi connectivity index (χ1n) is 18.9. The molecule has 4 heterocycles. The second-order valence-corrected chi connectivity index (χ2v) is 17.2. The molecule has 2 fully saturated rings. The van der Waals surface area contributed by atoms with Crippen molar-refractivity contribution in [2.75, 3.05) is 44.3 Å². The van der Waals surface area contributed by atoms with Gasteiger partial charge in [-0.25, -0.2) is 9.97 Å². The third-order valence-corrected chi connectivity index (χ3v) is 12.5. The van der Waals surface area contributed by atoms with Gasteiger partial charge in [0.1, 0.15) is 6.04 Å². The third-order valence-electron chi connectivity index (χ3n) is 10.5. The van der Waals surface area contributed by atoms with Crippen molar-refractivity contribution in [3.8, 4) is 10.4 Å². The van der Waals surface area contributed by atoms with Crippen LogP contribution in [0, 0.1) is 18.3 Å². The van der Waals surface area contributed by atoms with E-state index in [0.29, 0.717) is 50.1 Å². The largest absolute Gasteiger partial charge is 0.391 e. The van der Waals surface area contributed by atoms with Crippen LogP contribution in [0.2, 0.25) is 0 Å². The molecule has 2 aliphatic rings. The Balaban J connectivity index is 0.994. The molecule has 0 radical (unpaired) electrons. The minimum Gasteiger partial charge on any atom is -0.391 e. The number of hydrogen-bond donors (Lipinski definition) is 4. The van der Waals surface area contributed by atoms with Gasteiger partial charge in [0.05, 0.1) is 57.2 Å². The summed E-state index contributed by atoms with van der Waals surface area (Å²) in [4.78, 5) is 66.9. The third kappa shape index (κ3) is 9.87. The molecular weight excluding hydrogens is 739 g/mol. The highest BCUT2D eigenvalue weighted by atomic mass is 32.1. The van der Waals surface area contributed by atoms with Crippen LogP contribution in [0.4, 0.5) is 5.13 Å². The molecule has 15 heteroatoms. The van der Waals surface area contributed by atoms with Crippen LogP contribution in [0.5, 0.6) is 0 Å². The fraction of sp³-hybridized carbons (Fsp3) is 0.500. The van der Waals surface area contributed by atoms with Gasteiger partial charge in [-0.3, -0.25) is 19.2 Å². The Morgan fingerprint density at radius 2 is 1.85 bits per heavy atom. The Kier molecular flexibility index (Phi) is 12.9. The molecule has 4 atom stereocenters. The lowest BCUT2D eigenvalue weighted by Gasteiger charge is -2.32. The van der Waals surface area contributed by atoms with Gasteiger partial charge in [-0.15, -0.1) is 11.3 Å². The molecule has 4 aromatic rings. The summed E-state index contributed by atoms with van der Waals surface area (Å²) in [5, 5.41) is 17.4. The number of β-amino-alcohol motifs (C(OH)–C–C–N with tert-alkyl or cyclic N) is 1. The monoisotopic (exact) mass is 789 g/mol. The number of thiazole rings is 2. The van der Waals surface area contributed by atoms with Crippen LogP contribution in [0.25, 0.3) is 20.7 Å². The van der Waals surface area contributed by atoms with E-state index in [1.165, 1.54) is 4.90 Å². The molecule has 2 saturated heterocycles. The Morgan fingerprint density at radius 1 is 1.11 bits per heavy atom. The van der Waals surface area contributed by atoms with Crippen molar-refractivity contribution in [2.45, 2.75) is 78.0 Å². The number of nitrogens with two attached hydrogens (primary N) is 1. The topological polar surface area (TPSA) is 180 Å². The predicted molar refractivity (Wildman–Crippen MR) is 215 cm³/mol. The van der Waals surface area contributed by atoms with Gasteiger partial charge in [0.25, 0.3) is 5.91 Å². The molecule has 55 heavy (non-hydrogen) atoms. The first kappa shape index (κ1) is 40.2. The van der Waals surface area contributed by atoms with Crippen LogP contribution in [0.15, 0.2) is 48.0 Å². The Labute approximate surface area is 329 Å². The highest BCUT2D eigenvalue weighted by Gasteiger charge is 2.41. The van der Waals surface area contributed by atoms with Gasteiger partial charge >= 0.3 is 0 Å². The second-order valence-electron chi connectivity index (χ2n) is 15.4. The van der Waals surface area contributed by atoms with E-state index in [0.717, 1.165) is 44.6 Å². The first-order chi connectivity index (χ1) is 26.3. The summed E-state index contributed by atoms with van der Waals surface area (Å²) in [6, 6.07) is 12.4. The summed E-state index contributed by atoms with van der Waals surface area (Å²) in [5.74, 6) is -1.80. The van der Waals surface area contributed by atoms with Crippen molar-refractivity contribution in [1.29, 1.82) is 0 Å². The number of nitrogens with zero attached hydrogens (tertiary/aromatic N) is 4. The van der Waals surface area contributed by atoms with Gasteiger partial charge in [-0.05, 0) is 61.8 Å². The number of amides is 4. The number of rotatable bonds is 15. The summed E-state index contributed by atoms with van der Waals surface area (Å²) >= 11 is 3.14. The number of carbonyl (C=O) groups excluding carboxylic acids is 4. The zero-order valence-corrected chi connectivity index (χ0v) is 33.5. The van der Waals surface area contributed by atoms with Crippen molar-refractivity contribution in [1.82, 2.24) is 25.5 Å². The summed E-state index contributed by atoms with van der Waals surface area (Å²) in [6.45, 7) is 10.9. The molecule has 0 saturated carbocycles. The van der Waals surface area contributed by atoms with E-state index in [1.54, 1.807) is 28.7 Å². The van der Waals surface area contributed by atoms with Crippen LogP contribution in [-0.2, 0) is 19.1 Å². The highest BCUT2D eigenvalue weighted by Crippen LogP contribution is 2.35. The predicted octanol–water partition coefficient (Wildman–Crippen LogP) is 4.82. The van der Waals surface area contributed by atoms with E-state index >= 15 is 0 Å². The SMILES string of the molecule is Cc1ncsc1-c1ccc([C@H](C)NC(=O)C2C[C@@H](O)CN2C(=O)CC(C)(C)CC(CCCNC(=O)c2cccc3sc(N4CCOCC4)nc23)C(N)=O)cc1. The number of anilines is 1. The second kappa shape index (κ2) is 17.6. The number of carbonyl (C=O) groups is 4. The van der Waals surface area contributed by atoms with Gasteiger partial charge < -0.3 is 36.0 Å². The molecule has 294 valence electrons. The number of aromatic nitrogens is 2. The number of nitrogens with one attached hydrogen (secondary N) is 2. The number of aliphatic hydroxyl groups is 1. The summed E-state index contributed by atoms with van der Waals surface area (Å²) in [5.41, 5.74) is 11.2. The summed E-state index contributed by atoms with van der Waals surface area (Å²) < 4.78 is 6.40. The quantitative estimate of drug-likeness (QED) is 0.123. The summed E-state index contributed by atoms with van der Waals surface area (Å²) in [6.07, 6.45) is 0.708. The Hall–Kier alpha value is -4.44. The number of fused-ring (bicyclic) bond motifs is 1. The van der Waals surface area contributed by atoms with Crippen molar-refractivity contribution in [2.24, 2.45) is 17.1 Å². The van der Waals surface area contributed by atoms with Gasteiger partial charge in [0.15, 0.2) is 5.13 Å². The zero-order valence-electron chi connectivity index (χ0n) is 31.9. The molecule has 5 N–H and O–H groups in total. The van der Waals surface area contributed by atoms with E-state index in [4.69, 9.17) is 15.5 Å². The smallest absolute Gasteiger partial charge is 0.253 e. The lowest BCUT2D eigenvalue weighted by molar-refractivity contribution is -0.140. The fourth-order valence-electron chi connectivity index (χ4n) is 7.48. The summed E-state index contributed by atoms with van der Waals surface area (Å²) in [7, 11) is 0. The number of aliphatic hydroxyl groups excluding tert-OH is 1. The number of para-hydroxylation sites is 1. The van der Waals surface area contributed by atoms with Crippen molar-refractivity contribution < 1.29 is 29.0 Å². The van der Waals surface area contributed by atoms with E-state index < -0.39 is 29.4 Å². The molecule has 0 aliphatic carbocycles. The number of morpholine rings is 1. The van der Waals surface area contributed by atoms with E-state index in [2.05, 4.69) is 20.5 Å². The van der Waals surface area contributed by atoms with Crippen molar-refractivity contribution in [3.63, 3.8) is 0 Å². The maximum absolute atomic E-state index is 13.7. The molecular formula is C40H51N7O6S2. The normalized spacial score (nSPS) is 18.6. The van der Waals surface area contributed by atoms with E-state index in [9.17, 15) is 24.3 Å². The van der Waals surface area contributed by atoms with Crippen LogP contribution < -0.4 is 21.3 Å². The van der Waals surface area contributed by atoms with E-state index in [-0.39, 0.29) is 43.1 Å². The first-order valence-corrected chi connectivity index (χ1v) is 20.6. The molecule has 4 amide bonds. The van der Waals surface area contributed by atoms with Gasteiger partial charge in [0.2, 0.25) is 17.7 Å². The minimum atomic E-state index is -0.817. The molecule has 13 nitrogen and oxygen atoms in total. The standard InChI is InChI=1S/C40H51N7O6S2/c1-24(26-10-12-27(13-11-26)35-25(2)43-23-54-35)44-38(52)31-19-29(48)22-47(31)33(49)21-40(3,4)20-28(36(41)50)7-6-14-42-37(51)30-8-5-9-32-34(30)45-39(55-32)46-15-17-53-18-16-46/h5,8-13,23-24,28-29,31,48H,6-7,14-22H2,1-4H3,(H2,41,50)(H,42,51)(H,44,52)/t24-,28?,29+,31?/m0/s1. The number of likely N-dealkylation sites (tertiary alicyclic amines) is 1. The maximum Gasteiger partial charge on any atom is 0.253 e. The highest BCUT2D eigenvalue weighted by molar-refractivity contribution is 7.22. The lowest BCUT2D eigenvalue weighted by atomic mass is 9.78. The van der Waals surface area contributed by atoms with Gasteiger partial charge in [-0.1, -0.05) is 55.5 Å². The molecule has 2 aromatic heterocycles. The molecule has 2 aliphatic heterocycles. The van der Waals surface area contributed by atoms with Crippen LogP contribution >= 0.6 is 22.7 Å². The Bertz CT molecular complexity index is 1990. The fourth-order valence-corrected chi connectivity index (χ4v) is 9.34. The molecule has 0 bridgehead atoms. The van der Waals surface area contributed by atoms with Crippen LogP contribution in [0.3, 0.4) is 0 Å². The zero-order chi connectivity index (χ0) is 39.3. The number of benzene rings is 2. The number of aryl methyl sites for hydroxylation is 1. The number of ether oxygens (including phenoxy) is 1. The molecule has 0 spiro atoms. The average molecular weight is 790 g/mol. The van der Waals surface area contributed by atoms with Crippen molar-refractivity contribution in [3.05, 3.63) is 64.8 Å². The molecule has 2 aromatic carbocycles. The van der Waals surface area contributed by atoms with Crippen LogP contribution in [0.1, 0.15) is 80.5 Å². The maximum atomic E-state index is 13.7. The number of hydrogen-bond acceptors (Lipinski definition) is 11. The minimum absolute atomic E-state index is 0.0619. The van der Waals surface area contributed by atoms with E-state index in [1.807, 2.05) is 69.6 Å². The Morgan fingerprint density at radius 3 is 2.55 bits per heavy atom. The van der Waals surface area contributed by atoms with Crippen LogP contribution in [-0.4, -0.2) is 95.1 Å². The molecule has 6 rings (SSSR count). The van der Waals surface area contributed by atoms with Gasteiger partial charge in [-0.2, -0.15) is 0 Å². The molecule has 2 unspecified atom stereocenters. The van der Waals surface area contributed by atoms with Crippen molar-refractivity contribution >= 4 is 61.7 Å². The lowest BCUT2D eigenvalue weighted by Crippen LogP contribution is -2.47.